The molecule has 8 heteroatoms. The molecule has 0 bridgehead atoms. The van der Waals surface area contributed by atoms with Crippen LogP contribution in [-0.4, -0.2) is 15.0 Å². The molecule has 6 nitrogen and oxygen atoms in total. The van der Waals surface area contributed by atoms with Gasteiger partial charge in [-0.1, -0.05) is 24.3 Å². The van der Waals surface area contributed by atoms with Crippen LogP contribution in [0, 0.1) is 23.0 Å². The first-order valence-corrected chi connectivity index (χ1v) is 8.65. The maximum absolute atomic E-state index is 14.3. The predicted molar refractivity (Wildman–Crippen MR) is 106 cm³/mol. The molecular weight excluding hydrogens is 374 g/mol. The van der Waals surface area contributed by atoms with Gasteiger partial charge in [0.15, 0.2) is 0 Å². The van der Waals surface area contributed by atoms with E-state index in [9.17, 15) is 14.0 Å². The normalized spacial score (nSPS) is 10.7. The molecule has 0 fully saturated rings. The number of rotatable bonds is 4. The number of halogens is 2. The Morgan fingerprint density at radius 1 is 1.07 bits per heavy atom. The van der Waals surface area contributed by atoms with Gasteiger partial charge in [0.1, 0.15) is 46.7 Å². The Kier molecular flexibility index (Phi) is 4.71. The van der Waals surface area contributed by atoms with Crippen molar-refractivity contribution in [1.82, 2.24) is 15.0 Å². The van der Waals surface area contributed by atoms with E-state index in [2.05, 4.69) is 20.3 Å². The highest BCUT2D eigenvalue weighted by atomic mass is 19.1. The van der Waals surface area contributed by atoms with Crippen LogP contribution >= 0.6 is 0 Å². The van der Waals surface area contributed by atoms with Crippen molar-refractivity contribution in [2.45, 2.75) is 6.54 Å². The molecule has 0 saturated heterocycles. The zero-order chi connectivity index (χ0) is 20.4. The number of nitrogens with one attached hydrogen (secondary N) is 1. The minimum Gasteiger partial charge on any atom is -0.382 e. The lowest BCUT2D eigenvalue weighted by atomic mass is 9.96. The van der Waals surface area contributed by atoms with E-state index in [1.807, 2.05) is 6.07 Å². The fourth-order valence-electron chi connectivity index (χ4n) is 3.17. The van der Waals surface area contributed by atoms with Crippen molar-refractivity contribution in [1.29, 1.82) is 5.26 Å². The van der Waals surface area contributed by atoms with Gasteiger partial charge in [0.05, 0.1) is 0 Å². The van der Waals surface area contributed by atoms with Crippen LogP contribution in [0.2, 0.25) is 0 Å². The van der Waals surface area contributed by atoms with E-state index in [0.717, 1.165) is 0 Å². The lowest BCUT2D eigenvalue weighted by molar-refractivity contribution is 0.628. The average molecular weight is 388 g/mol. The summed E-state index contributed by atoms with van der Waals surface area (Å²) in [5.74, 6) is -0.535. The maximum Gasteiger partial charge on any atom is 0.149 e. The number of benzene rings is 2. The van der Waals surface area contributed by atoms with Gasteiger partial charge in [0, 0.05) is 18.1 Å². The Labute approximate surface area is 164 Å². The molecule has 0 unspecified atom stereocenters. The van der Waals surface area contributed by atoms with Crippen molar-refractivity contribution in [3.63, 3.8) is 0 Å². The number of hydrogen-bond acceptors (Lipinski definition) is 6. The van der Waals surface area contributed by atoms with Crippen LogP contribution < -0.4 is 11.1 Å². The molecule has 0 spiro atoms. The Bertz CT molecular complexity index is 1270. The molecule has 2 heterocycles. The Hall–Kier alpha value is -4.12. The summed E-state index contributed by atoms with van der Waals surface area (Å²) >= 11 is 0. The molecule has 29 heavy (non-hydrogen) atoms. The van der Waals surface area contributed by atoms with E-state index in [-0.39, 0.29) is 29.3 Å². The van der Waals surface area contributed by atoms with Crippen LogP contribution in [0.4, 0.5) is 20.4 Å². The van der Waals surface area contributed by atoms with Crippen LogP contribution in [0.3, 0.4) is 0 Å². The first-order chi connectivity index (χ1) is 14.1. The van der Waals surface area contributed by atoms with E-state index in [0.29, 0.717) is 22.1 Å². The number of nitrogens with zero attached hydrogens (tertiary/aromatic N) is 4. The van der Waals surface area contributed by atoms with Crippen molar-refractivity contribution in [2.24, 2.45) is 0 Å². The summed E-state index contributed by atoms with van der Waals surface area (Å²) < 4.78 is 28.2. The monoisotopic (exact) mass is 388 g/mol. The van der Waals surface area contributed by atoms with Crippen LogP contribution in [0.15, 0.2) is 55.0 Å². The third-order valence-electron chi connectivity index (χ3n) is 4.47. The lowest BCUT2D eigenvalue weighted by Crippen LogP contribution is -2.08. The summed E-state index contributed by atoms with van der Waals surface area (Å²) in [4.78, 5) is 12.1. The fourth-order valence-corrected chi connectivity index (χ4v) is 3.17. The molecular formula is C21H14F2N6. The van der Waals surface area contributed by atoms with Crippen LogP contribution in [0.25, 0.3) is 22.0 Å². The number of nitrogen functional groups attached to an aromatic ring is 1. The molecule has 0 radical (unpaired) electrons. The van der Waals surface area contributed by atoms with E-state index in [1.165, 1.54) is 30.7 Å². The van der Waals surface area contributed by atoms with Gasteiger partial charge in [0.25, 0.3) is 0 Å². The predicted octanol–water partition coefficient (Wildman–Crippen LogP) is 4.04. The molecule has 4 aromatic rings. The number of nitriles is 1. The minimum absolute atomic E-state index is 0.0639. The highest BCUT2D eigenvalue weighted by Gasteiger charge is 2.15. The van der Waals surface area contributed by atoms with Crippen molar-refractivity contribution >= 4 is 22.5 Å². The second-order valence-corrected chi connectivity index (χ2v) is 6.25. The SMILES string of the molecule is N#Cc1c(N)ncnc1NCc1cnc2c(F)cccc2c1-c1cccc(F)c1. The lowest BCUT2D eigenvalue weighted by Gasteiger charge is -2.15. The van der Waals surface area contributed by atoms with Crippen LogP contribution in [-0.2, 0) is 6.54 Å². The van der Waals surface area contributed by atoms with Gasteiger partial charge < -0.3 is 11.1 Å². The van der Waals surface area contributed by atoms with Gasteiger partial charge in [-0.25, -0.2) is 18.7 Å². The van der Waals surface area contributed by atoms with E-state index in [1.54, 1.807) is 24.3 Å². The van der Waals surface area contributed by atoms with Crippen molar-refractivity contribution < 1.29 is 8.78 Å². The summed E-state index contributed by atoms with van der Waals surface area (Å²) in [6.45, 7) is 0.205. The maximum atomic E-state index is 14.3. The van der Waals surface area contributed by atoms with E-state index < -0.39 is 11.6 Å². The van der Waals surface area contributed by atoms with Gasteiger partial charge in [0.2, 0.25) is 0 Å². The van der Waals surface area contributed by atoms with Gasteiger partial charge >= 0.3 is 0 Å². The van der Waals surface area contributed by atoms with E-state index in [4.69, 9.17) is 5.73 Å². The molecule has 3 N–H and O–H groups in total. The molecule has 0 aliphatic rings. The number of hydrogen-bond donors (Lipinski definition) is 2. The second kappa shape index (κ2) is 7.48. The second-order valence-electron chi connectivity index (χ2n) is 6.25. The van der Waals surface area contributed by atoms with Crippen LogP contribution in [0.5, 0.6) is 0 Å². The number of para-hydroxylation sites is 1. The van der Waals surface area contributed by atoms with Crippen molar-refractivity contribution in [2.75, 3.05) is 11.1 Å². The third-order valence-corrected chi connectivity index (χ3v) is 4.47. The first kappa shape index (κ1) is 18.3. The Morgan fingerprint density at radius 2 is 1.90 bits per heavy atom. The zero-order valence-corrected chi connectivity index (χ0v) is 15.0. The molecule has 0 aliphatic carbocycles. The largest absolute Gasteiger partial charge is 0.382 e. The standard InChI is InChI=1S/C21H14F2N6/c22-14-4-1-3-12(7-14)18-13(9-26-19-15(18)5-2-6-17(19)23)10-27-21-16(8-24)20(25)28-11-29-21/h1-7,9,11H,10H2,(H3,25,27,28,29). The number of nitrogens with two attached hydrogens (primary N) is 1. The molecule has 0 saturated carbocycles. The van der Waals surface area contributed by atoms with Gasteiger partial charge in [-0.05, 0) is 34.9 Å². The Morgan fingerprint density at radius 3 is 2.69 bits per heavy atom. The highest BCUT2D eigenvalue weighted by molar-refractivity contribution is 5.96. The first-order valence-electron chi connectivity index (χ1n) is 8.65. The van der Waals surface area contributed by atoms with Crippen molar-refractivity contribution in [3.8, 4) is 17.2 Å². The summed E-state index contributed by atoms with van der Waals surface area (Å²) in [6.07, 6.45) is 2.77. The summed E-state index contributed by atoms with van der Waals surface area (Å²) in [6, 6.07) is 12.7. The molecule has 0 aliphatic heterocycles. The molecule has 142 valence electrons. The van der Waals surface area contributed by atoms with Gasteiger partial charge in [-0.2, -0.15) is 5.26 Å². The topological polar surface area (TPSA) is 101 Å². The average Bonchev–Trinajstić information content (AvgIpc) is 2.72. The molecule has 2 aromatic carbocycles. The summed E-state index contributed by atoms with van der Waals surface area (Å²) in [5.41, 5.74) is 7.94. The number of anilines is 2. The minimum atomic E-state index is -0.463. The smallest absolute Gasteiger partial charge is 0.149 e. The summed E-state index contributed by atoms with van der Waals surface area (Å²) in [5, 5.41) is 12.9. The number of fused-ring (bicyclic) bond motifs is 1. The zero-order valence-electron chi connectivity index (χ0n) is 15.0. The quantitative estimate of drug-likeness (QED) is 0.547. The molecule has 0 amide bonds. The number of aromatic nitrogens is 3. The van der Waals surface area contributed by atoms with Gasteiger partial charge in [-0.3, -0.25) is 4.98 Å². The van der Waals surface area contributed by atoms with Crippen molar-refractivity contribution in [3.05, 3.63) is 77.8 Å². The molecule has 2 aromatic heterocycles. The Balaban J connectivity index is 1.84. The van der Waals surface area contributed by atoms with E-state index >= 15 is 0 Å². The molecule has 4 rings (SSSR count). The third kappa shape index (κ3) is 3.41. The fraction of sp³-hybridized carbons (Fsp3) is 0.0476. The summed E-state index contributed by atoms with van der Waals surface area (Å²) in [7, 11) is 0. The van der Waals surface area contributed by atoms with Crippen LogP contribution in [0.1, 0.15) is 11.1 Å². The van der Waals surface area contributed by atoms with Gasteiger partial charge in [-0.15, -0.1) is 0 Å². The highest BCUT2D eigenvalue weighted by Crippen LogP contribution is 2.33. The number of pyridine rings is 1. The molecule has 0 atom stereocenters.